The molecule has 0 N–H and O–H groups in total. The van der Waals surface area contributed by atoms with E-state index in [1.54, 1.807) is 0 Å². The first kappa shape index (κ1) is 28.7. The Morgan fingerprint density at radius 3 is 0.943 bits per heavy atom. The summed E-state index contributed by atoms with van der Waals surface area (Å²) in [6.45, 7) is 29.8. The van der Waals surface area contributed by atoms with Gasteiger partial charge in [0.2, 0.25) is 0 Å². The molecule has 0 unspecified atom stereocenters. The molecule has 0 fully saturated rings. The summed E-state index contributed by atoms with van der Waals surface area (Å²) in [4.78, 5) is 0. The van der Waals surface area contributed by atoms with Gasteiger partial charge in [0, 0.05) is 0 Å². The molecule has 0 saturated heterocycles. The summed E-state index contributed by atoms with van der Waals surface area (Å²) in [6.07, 6.45) is 0. The van der Waals surface area contributed by atoms with Crippen molar-refractivity contribution in [1.82, 2.24) is 6.38 Å². The second-order valence-electron chi connectivity index (χ2n) is 13.5. The maximum absolute atomic E-state index is 7.57. The normalized spacial score (nSPS) is 17.1. The molecule has 1 aliphatic rings. The molecule has 2 aromatic rings. The Morgan fingerprint density at radius 1 is 0.457 bits per heavy atom. The number of benzene rings is 2. The summed E-state index contributed by atoms with van der Waals surface area (Å²) in [7, 11) is -7.35. The van der Waals surface area contributed by atoms with Crippen LogP contribution in [0.2, 0.25) is 78.6 Å². The number of hydrogen-bond donors (Lipinski definition) is 0. The van der Waals surface area contributed by atoms with E-state index >= 15 is 0 Å². The Morgan fingerprint density at radius 2 is 0.714 bits per heavy atom. The fourth-order valence-electron chi connectivity index (χ4n) is 5.93. The standard InChI is InChI=1S/C26H46GeN2O2Si4/c1-32(2,3)28(33(4,5)6)27(29(34(7,8)9)35(10,11)12)30-25(23-19-15-13-16-20-23)26(31-27)24-21-17-14-18-22-24/h13-22H,1-12H3. The molecule has 3 rings (SSSR count). The van der Waals surface area contributed by atoms with E-state index in [0.717, 1.165) is 22.6 Å². The van der Waals surface area contributed by atoms with Gasteiger partial charge in [-0.25, -0.2) is 0 Å². The van der Waals surface area contributed by atoms with E-state index in [1.807, 2.05) is 0 Å². The molecule has 192 valence electrons. The van der Waals surface area contributed by atoms with E-state index in [4.69, 9.17) is 7.53 Å². The second kappa shape index (κ2) is 9.77. The van der Waals surface area contributed by atoms with Crippen molar-refractivity contribution >= 4 is 58.8 Å². The quantitative estimate of drug-likeness (QED) is 0.286. The minimum atomic E-state index is -3.83. The van der Waals surface area contributed by atoms with Gasteiger partial charge in [-0.05, 0) is 0 Å². The molecular formula is C26H46GeN2O2Si4. The average Bonchev–Trinajstić information content (AvgIpc) is 3.04. The predicted octanol–water partition coefficient (Wildman–Crippen LogP) is 7.94. The molecule has 0 atom stereocenters. The van der Waals surface area contributed by atoms with Crippen LogP contribution in [0.1, 0.15) is 11.1 Å². The Bertz CT molecular complexity index is 940. The number of rotatable bonds is 8. The third-order valence-electron chi connectivity index (χ3n) is 6.00. The summed E-state index contributed by atoms with van der Waals surface area (Å²) in [5, 5.41) is 0. The molecule has 4 nitrogen and oxygen atoms in total. The molecule has 0 saturated carbocycles. The average molecular weight is 604 g/mol. The zero-order chi connectivity index (χ0) is 26.4. The fraction of sp³-hybridized carbons (Fsp3) is 0.462. The minimum absolute atomic E-state index is 0.930. The molecule has 0 spiro atoms. The number of nitrogens with zero attached hydrogens (tertiary/aromatic N) is 2. The van der Waals surface area contributed by atoms with Crippen LogP contribution in [0.15, 0.2) is 60.7 Å². The predicted molar refractivity (Wildman–Crippen MR) is 165 cm³/mol. The van der Waals surface area contributed by atoms with E-state index in [2.05, 4.69) is 146 Å². The zero-order valence-corrected chi connectivity index (χ0v) is 30.1. The molecule has 2 aromatic carbocycles. The van der Waals surface area contributed by atoms with Gasteiger partial charge in [0.25, 0.3) is 0 Å². The second-order valence-corrected chi connectivity index (χ2v) is 42.3. The summed E-state index contributed by atoms with van der Waals surface area (Å²) in [5.74, 6) is 1.86. The van der Waals surface area contributed by atoms with Gasteiger partial charge in [-0.2, -0.15) is 0 Å². The SMILES string of the molecule is C[Si](C)(C)[N]([Si](C)(C)C)[Ge]1([N]([Si](C)(C)C)[Si](C)(C)C)[O]C(c2ccccc2)=C(c2ccccc2)[O]1. The topological polar surface area (TPSA) is 24.9 Å². The van der Waals surface area contributed by atoms with E-state index < -0.39 is 47.3 Å². The van der Waals surface area contributed by atoms with E-state index in [9.17, 15) is 0 Å². The molecule has 0 radical (unpaired) electrons. The van der Waals surface area contributed by atoms with Crippen molar-refractivity contribution < 1.29 is 7.53 Å². The van der Waals surface area contributed by atoms with Crippen LogP contribution in [0.4, 0.5) is 0 Å². The number of hydrogen-bond acceptors (Lipinski definition) is 4. The van der Waals surface area contributed by atoms with Gasteiger partial charge in [-0.1, -0.05) is 0 Å². The molecule has 9 heteroatoms. The molecule has 35 heavy (non-hydrogen) atoms. The first-order valence-corrected chi connectivity index (χ1v) is 30.1. The van der Waals surface area contributed by atoms with Crippen LogP contribution in [0, 0.1) is 0 Å². The first-order valence-electron chi connectivity index (χ1n) is 12.7. The monoisotopic (exact) mass is 604 g/mol. The Kier molecular flexibility index (Phi) is 8.01. The molecule has 0 bridgehead atoms. The van der Waals surface area contributed by atoms with Crippen LogP contribution >= 0.6 is 0 Å². The third kappa shape index (κ3) is 6.00. The summed E-state index contributed by atoms with van der Waals surface area (Å²) >= 11 is -3.83. The van der Waals surface area contributed by atoms with Crippen molar-refractivity contribution in [2.45, 2.75) is 78.6 Å². The van der Waals surface area contributed by atoms with Crippen LogP contribution in [-0.4, -0.2) is 53.7 Å². The van der Waals surface area contributed by atoms with E-state index in [0.29, 0.717) is 0 Å². The van der Waals surface area contributed by atoms with Crippen LogP contribution in [-0.2, 0) is 7.53 Å². The molecule has 1 heterocycles. The summed E-state index contributed by atoms with van der Waals surface area (Å²) in [6, 6.07) is 21.2. The zero-order valence-electron chi connectivity index (χ0n) is 24.0. The third-order valence-corrected chi connectivity index (χ3v) is 46.5. The van der Waals surface area contributed by atoms with Crippen molar-refractivity contribution in [3.63, 3.8) is 0 Å². The fourth-order valence-corrected chi connectivity index (χ4v) is 56.1. The van der Waals surface area contributed by atoms with Crippen molar-refractivity contribution in [3.8, 4) is 0 Å². The van der Waals surface area contributed by atoms with Crippen LogP contribution in [0.5, 0.6) is 0 Å². The van der Waals surface area contributed by atoms with Crippen LogP contribution in [0.25, 0.3) is 11.5 Å². The Balaban J connectivity index is 2.40. The Labute approximate surface area is 222 Å². The Hall–Kier alpha value is -0.890. The van der Waals surface area contributed by atoms with Gasteiger partial charge in [-0.3, -0.25) is 0 Å². The van der Waals surface area contributed by atoms with Crippen molar-refractivity contribution in [2.24, 2.45) is 0 Å². The van der Waals surface area contributed by atoms with Crippen molar-refractivity contribution in [2.75, 3.05) is 0 Å². The van der Waals surface area contributed by atoms with Crippen LogP contribution in [0.3, 0.4) is 0 Å². The molecule has 0 aromatic heterocycles. The van der Waals surface area contributed by atoms with Gasteiger partial charge >= 0.3 is 223 Å². The summed E-state index contributed by atoms with van der Waals surface area (Å²) in [5.41, 5.74) is 2.21. The van der Waals surface area contributed by atoms with Gasteiger partial charge < -0.3 is 0 Å². The molecular weight excluding hydrogens is 557 g/mol. The van der Waals surface area contributed by atoms with Gasteiger partial charge in [-0.15, -0.1) is 0 Å². The van der Waals surface area contributed by atoms with Gasteiger partial charge in [0.15, 0.2) is 0 Å². The van der Waals surface area contributed by atoms with Gasteiger partial charge in [0.1, 0.15) is 0 Å². The first-order chi connectivity index (χ1) is 15.9. The van der Waals surface area contributed by atoms with E-state index in [-0.39, 0.29) is 0 Å². The van der Waals surface area contributed by atoms with Crippen molar-refractivity contribution in [3.05, 3.63) is 71.8 Å². The molecule has 1 aliphatic heterocycles. The van der Waals surface area contributed by atoms with Crippen molar-refractivity contribution in [1.29, 1.82) is 0 Å². The van der Waals surface area contributed by atoms with Gasteiger partial charge in [0.05, 0.1) is 0 Å². The molecule has 0 aliphatic carbocycles. The summed E-state index contributed by atoms with van der Waals surface area (Å²) < 4.78 is 21.0. The molecule has 0 amide bonds. The maximum atomic E-state index is 7.57. The van der Waals surface area contributed by atoms with Crippen LogP contribution < -0.4 is 0 Å². The van der Waals surface area contributed by atoms with E-state index in [1.165, 1.54) is 0 Å².